The first kappa shape index (κ1) is 12.2. The summed E-state index contributed by atoms with van der Waals surface area (Å²) in [4.78, 5) is 11.2. The zero-order valence-electron chi connectivity index (χ0n) is 11.6. The number of hydrogen-bond donors (Lipinski definition) is 2. The van der Waals surface area contributed by atoms with Crippen molar-refractivity contribution in [1.29, 1.82) is 0 Å². The molecule has 4 aliphatic rings. The van der Waals surface area contributed by atoms with Gasteiger partial charge in [0.05, 0.1) is 5.56 Å². The van der Waals surface area contributed by atoms with Gasteiger partial charge in [-0.2, -0.15) is 0 Å². The van der Waals surface area contributed by atoms with Gasteiger partial charge in [0.2, 0.25) is 0 Å². The minimum atomic E-state index is -0.852. The summed E-state index contributed by atoms with van der Waals surface area (Å²) in [6.07, 6.45) is 6.75. The molecule has 1 aromatic carbocycles. The first-order valence-corrected chi connectivity index (χ1v) is 7.74. The second-order valence-electron chi connectivity index (χ2n) is 7.11. The van der Waals surface area contributed by atoms with E-state index in [4.69, 9.17) is 5.73 Å². The average molecular weight is 271 g/mol. The van der Waals surface area contributed by atoms with Gasteiger partial charge >= 0.3 is 5.97 Å². The topological polar surface area (TPSA) is 63.3 Å². The largest absolute Gasteiger partial charge is 0.478 e. The number of anilines is 1. The summed E-state index contributed by atoms with van der Waals surface area (Å²) in [5.41, 5.74) is 8.45. The maximum Gasteiger partial charge on any atom is 0.335 e. The van der Waals surface area contributed by atoms with Crippen LogP contribution in [0.4, 0.5) is 5.69 Å². The number of nitrogen functional groups attached to an aromatic ring is 1. The van der Waals surface area contributed by atoms with Gasteiger partial charge in [0.15, 0.2) is 0 Å². The Morgan fingerprint density at radius 1 is 1.05 bits per heavy atom. The fourth-order valence-corrected chi connectivity index (χ4v) is 5.43. The molecule has 0 aliphatic heterocycles. The molecule has 3 nitrogen and oxygen atoms in total. The fraction of sp³-hybridized carbons (Fsp3) is 0.588. The third-order valence-electron chi connectivity index (χ3n) is 5.92. The van der Waals surface area contributed by atoms with E-state index in [2.05, 4.69) is 0 Å². The highest BCUT2D eigenvalue weighted by Crippen LogP contribution is 2.60. The Morgan fingerprint density at radius 3 is 2.20 bits per heavy atom. The van der Waals surface area contributed by atoms with Gasteiger partial charge in [-0.05, 0) is 85.5 Å². The monoisotopic (exact) mass is 271 g/mol. The molecule has 4 saturated carbocycles. The zero-order chi connectivity index (χ0) is 13.9. The molecule has 0 heterocycles. The number of benzene rings is 1. The molecule has 106 valence electrons. The Bertz CT molecular complexity index is 538. The summed E-state index contributed by atoms with van der Waals surface area (Å²) in [6.45, 7) is 0. The van der Waals surface area contributed by atoms with E-state index in [9.17, 15) is 9.90 Å². The van der Waals surface area contributed by atoms with Crippen LogP contribution in [0.5, 0.6) is 0 Å². The second kappa shape index (κ2) is 4.24. The van der Waals surface area contributed by atoms with Gasteiger partial charge in [0, 0.05) is 5.69 Å². The molecular weight excluding hydrogens is 250 g/mol. The lowest BCUT2D eigenvalue weighted by molar-refractivity contribution is -0.00258. The molecule has 4 aliphatic carbocycles. The lowest BCUT2D eigenvalue weighted by Crippen LogP contribution is -2.44. The predicted octanol–water partition coefficient (Wildman–Crippen LogP) is 3.51. The van der Waals surface area contributed by atoms with E-state index in [0.717, 1.165) is 34.9 Å². The van der Waals surface area contributed by atoms with Crippen LogP contribution in [0, 0.1) is 23.7 Å². The number of carboxylic acids is 1. The molecule has 1 aromatic rings. The van der Waals surface area contributed by atoms with E-state index < -0.39 is 5.97 Å². The van der Waals surface area contributed by atoms with Crippen molar-refractivity contribution in [2.45, 2.75) is 38.0 Å². The van der Waals surface area contributed by atoms with E-state index in [-0.39, 0.29) is 0 Å². The summed E-state index contributed by atoms with van der Waals surface area (Å²) in [5.74, 6) is 2.97. The first-order chi connectivity index (χ1) is 9.61. The first-order valence-electron chi connectivity index (χ1n) is 7.74. The third kappa shape index (κ3) is 1.75. The quantitative estimate of drug-likeness (QED) is 0.809. The fourth-order valence-electron chi connectivity index (χ4n) is 5.43. The van der Waals surface area contributed by atoms with Crippen molar-refractivity contribution >= 4 is 11.7 Å². The lowest BCUT2D eigenvalue weighted by Gasteiger charge is -2.54. The van der Waals surface area contributed by atoms with Gasteiger partial charge in [0.1, 0.15) is 0 Å². The number of rotatable bonds is 2. The van der Waals surface area contributed by atoms with Crippen molar-refractivity contribution in [3.8, 4) is 0 Å². The van der Waals surface area contributed by atoms with E-state index in [1.807, 2.05) is 6.07 Å². The van der Waals surface area contributed by atoms with Crippen molar-refractivity contribution in [3.63, 3.8) is 0 Å². The lowest BCUT2D eigenvalue weighted by atomic mass is 9.50. The smallest absolute Gasteiger partial charge is 0.335 e. The Balaban J connectivity index is 1.74. The Morgan fingerprint density at radius 2 is 1.65 bits per heavy atom. The molecule has 4 bridgehead atoms. The minimum absolute atomic E-state index is 0.378. The van der Waals surface area contributed by atoms with Crippen LogP contribution in [0.15, 0.2) is 18.2 Å². The summed E-state index contributed by atoms with van der Waals surface area (Å²) >= 11 is 0. The second-order valence-corrected chi connectivity index (χ2v) is 7.11. The Labute approximate surface area is 119 Å². The van der Waals surface area contributed by atoms with Crippen molar-refractivity contribution in [2.75, 3.05) is 5.73 Å². The van der Waals surface area contributed by atoms with Crippen LogP contribution >= 0.6 is 0 Å². The van der Waals surface area contributed by atoms with Crippen molar-refractivity contribution in [1.82, 2.24) is 0 Å². The molecule has 3 heteroatoms. The molecule has 5 rings (SSSR count). The van der Waals surface area contributed by atoms with Gasteiger partial charge in [-0.1, -0.05) is 0 Å². The SMILES string of the molecule is Nc1ccc(C(=O)O)cc1C1C2CC3CC(C2)CC1C3. The van der Waals surface area contributed by atoms with E-state index in [1.165, 1.54) is 32.1 Å². The van der Waals surface area contributed by atoms with Gasteiger partial charge in [0.25, 0.3) is 0 Å². The van der Waals surface area contributed by atoms with Gasteiger partial charge in [-0.25, -0.2) is 4.79 Å². The zero-order valence-corrected chi connectivity index (χ0v) is 11.6. The van der Waals surface area contributed by atoms with Crippen LogP contribution in [0.1, 0.15) is 53.9 Å². The highest BCUT2D eigenvalue weighted by atomic mass is 16.4. The van der Waals surface area contributed by atoms with E-state index in [1.54, 1.807) is 12.1 Å². The van der Waals surface area contributed by atoms with Crippen LogP contribution in [0.25, 0.3) is 0 Å². The highest BCUT2D eigenvalue weighted by Gasteiger charge is 2.49. The molecule has 0 atom stereocenters. The number of carboxylic acid groups (broad SMARTS) is 1. The number of aromatic carboxylic acids is 1. The van der Waals surface area contributed by atoms with Crippen molar-refractivity contribution in [3.05, 3.63) is 29.3 Å². The maximum atomic E-state index is 11.2. The summed E-state index contributed by atoms with van der Waals surface area (Å²) < 4.78 is 0. The summed E-state index contributed by atoms with van der Waals surface area (Å²) in [7, 11) is 0. The van der Waals surface area contributed by atoms with Crippen LogP contribution < -0.4 is 5.73 Å². The summed E-state index contributed by atoms with van der Waals surface area (Å²) in [6, 6.07) is 5.24. The molecule has 0 saturated heterocycles. The van der Waals surface area contributed by atoms with Crippen molar-refractivity contribution < 1.29 is 9.90 Å². The molecule has 0 amide bonds. The average Bonchev–Trinajstić information content (AvgIpc) is 2.39. The number of hydrogen-bond acceptors (Lipinski definition) is 2. The molecule has 0 unspecified atom stereocenters. The van der Waals surface area contributed by atoms with E-state index >= 15 is 0 Å². The van der Waals surface area contributed by atoms with Crippen LogP contribution in [-0.4, -0.2) is 11.1 Å². The van der Waals surface area contributed by atoms with Crippen LogP contribution in [0.3, 0.4) is 0 Å². The molecule has 4 fully saturated rings. The molecule has 20 heavy (non-hydrogen) atoms. The maximum absolute atomic E-state index is 11.2. The minimum Gasteiger partial charge on any atom is -0.478 e. The Kier molecular flexibility index (Phi) is 2.60. The standard InChI is InChI=1S/C17H21NO2/c18-15-2-1-11(17(19)20)8-14(15)16-12-4-9-3-10(6-12)7-13(16)5-9/h1-2,8-10,12-13,16H,3-7,18H2,(H,19,20). The molecule has 3 N–H and O–H groups in total. The normalized spacial score (nSPS) is 38.1. The molecular formula is C17H21NO2. The summed E-state index contributed by atoms with van der Waals surface area (Å²) in [5, 5.41) is 9.21. The predicted molar refractivity (Wildman–Crippen MR) is 77.6 cm³/mol. The van der Waals surface area contributed by atoms with Crippen molar-refractivity contribution in [2.24, 2.45) is 23.7 Å². The molecule has 0 aromatic heterocycles. The van der Waals surface area contributed by atoms with Crippen LogP contribution in [0.2, 0.25) is 0 Å². The highest BCUT2D eigenvalue weighted by molar-refractivity contribution is 5.88. The Hall–Kier alpha value is -1.51. The van der Waals surface area contributed by atoms with Crippen LogP contribution in [-0.2, 0) is 0 Å². The van der Waals surface area contributed by atoms with Gasteiger partial charge in [-0.15, -0.1) is 0 Å². The third-order valence-corrected chi connectivity index (χ3v) is 5.92. The number of nitrogens with two attached hydrogens (primary N) is 1. The van der Waals surface area contributed by atoms with Gasteiger partial charge < -0.3 is 10.8 Å². The molecule has 0 radical (unpaired) electrons. The van der Waals surface area contributed by atoms with E-state index in [0.29, 0.717) is 11.5 Å². The molecule has 0 spiro atoms. The number of carbonyl (C=O) groups is 1. The van der Waals surface area contributed by atoms with Gasteiger partial charge in [-0.3, -0.25) is 0 Å².